The largest absolute Gasteiger partial charge is 0.355 e. The average Bonchev–Trinajstić information content (AvgIpc) is 3.01. The zero-order valence-corrected chi connectivity index (χ0v) is 13.2. The average molecular weight is 340 g/mol. The highest BCUT2D eigenvalue weighted by molar-refractivity contribution is 9.09. The summed E-state index contributed by atoms with van der Waals surface area (Å²) in [7, 11) is 0. The Morgan fingerprint density at radius 3 is 2.95 bits per heavy atom. The molecule has 1 aliphatic carbocycles. The third-order valence-electron chi connectivity index (χ3n) is 4.04. The van der Waals surface area contributed by atoms with Crippen LogP contribution in [0.2, 0.25) is 0 Å². The lowest BCUT2D eigenvalue weighted by Gasteiger charge is -2.16. The molecule has 3 unspecified atom stereocenters. The van der Waals surface area contributed by atoms with Crippen molar-refractivity contribution in [3.8, 4) is 0 Å². The predicted octanol–water partition coefficient (Wildman–Crippen LogP) is 3.38. The second-order valence-electron chi connectivity index (χ2n) is 5.37. The van der Waals surface area contributed by atoms with E-state index >= 15 is 0 Å². The van der Waals surface area contributed by atoms with Crippen molar-refractivity contribution in [2.24, 2.45) is 5.92 Å². The summed E-state index contributed by atoms with van der Waals surface area (Å²) < 4.78 is 0. The van der Waals surface area contributed by atoms with Gasteiger partial charge in [-0.25, -0.2) is 0 Å². The molecule has 0 bridgehead atoms. The third-order valence-corrected chi connectivity index (χ3v) is 6.57. The first-order valence-corrected chi connectivity index (χ1v) is 8.70. The van der Waals surface area contributed by atoms with Gasteiger partial charge in [0, 0.05) is 16.3 Å². The van der Waals surface area contributed by atoms with Gasteiger partial charge in [-0.1, -0.05) is 40.5 Å². The fraction of sp³-hybridized carbons (Fsp3) is 0.533. The number of hydrogen-bond acceptors (Lipinski definition) is 2. The summed E-state index contributed by atoms with van der Waals surface area (Å²) in [6.45, 7) is 0.822. The van der Waals surface area contributed by atoms with E-state index in [1.54, 1.807) is 11.8 Å². The van der Waals surface area contributed by atoms with Gasteiger partial charge in [0.05, 0.1) is 5.25 Å². The highest BCUT2D eigenvalue weighted by Crippen LogP contribution is 2.37. The van der Waals surface area contributed by atoms with E-state index in [4.69, 9.17) is 0 Å². The number of amides is 1. The first kappa shape index (κ1) is 13.5. The maximum atomic E-state index is 12.2. The number of carbonyl (C=O) groups is 1. The van der Waals surface area contributed by atoms with Crippen molar-refractivity contribution in [1.82, 2.24) is 5.32 Å². The van der Waals surface area contributed by atoms with Crippen LogP contribution < -0.4 is 5.32 Å². The van der Waals surface area contributed by atoms with Crippen LogP contribution in [0.3, 0.4) is 0 Å². The maximum absolute atomic E-state index is 12.2. The number of benzene rings is 1. The minimum absolute atomic E-state index is 0.0626. The van der Waals surface area contributed by atoms with E-state index in [0.29, 0.717) is 10.7 Å². The Labute approximate surface area is 126 Å². The fourth-order valence-corrected chi connectivity index (χ4v) is 4.89. The van der Waals surface area contributed by atoms with Crippen LogP contribution in [0.15, 0.2) is 29.2 Å². The Hall–Kier alpha value is -0.480. The van der Waals surface area contributed by atoms with Crippen LogP contribution >= 0.6 is 27.7 Å². The normalized spacial score (nSPS) is 29.2. The second kappa shape index (κ2) is 5.88. The number of alkyl halides is 1. The summed E-state index contributed by atoms with van der Waals surface area (Å²) >= 11 is 5.41. The highest BCUT2D eigenvalue weighted by Gasteiger charge is 2.30. The van der Waals surface area contributed by atoms with Crippen LogP contribution in [0, 0.1) is 5.92 Å². The molecule has 102 valence electrons. The molecule has 3 atom stereocenters. The molecule has 0 spiro atoms. The highest BCUT2D eigenvalue weighted by atomic mass is 79.9. The molecular weight excluding hydrogens is 322 g/mol. The molecule has 0 radical (unpaired) electrons. The number of nitrogens with one attached hydrogen (secondary N) is 1. The van der Waals surface area contributed by atoms with Crippen LogP contribution in [0.4, 0.5) is 0 Å². The fourth-order valence-electron chi connectivity index (χ4n) is 2.90. The maximum Gasteiger partial charge on any atom is 0.233 e. The number of thioether (sulfide) groups is 1. The topological polar surface area (TPSA) is 29.1 Å². The Balaban J connectivity index is 1.52. The van der Waals surface area contributed by atoms with Crippen molar-refractivity contribution in [3.63, 3.8) is 0 Å². The molecule has 19 heavy (non-hydrogen) atoms. The van der Waals surface area contributed by atoms with Crippen molar-refractivity contribution in [2.75, 3.05) is 6.54 Å². The van der Waals surface area contributed by atoms with E-state index in [0.717, 1.165) is 13.0 Å². The molecule has 2 aliphatic rings. The number of fused-ring (bicyclic) bond motifs is 1. The molecule has 1 saturated carbocycles. The van der Waals surface area contributed by atoms with Gasteiger partial charge in [-0.15, -0.1) is 11.8 Å². The number of carbonyl (C=O) groups excluding carboxylic acids is 1. The zero-order valence-electron chi connectivity index (χ0n) is 10.8. The summed E-state index contributed by atoms with van der Waals surface area (Å²) in [5, 5.41) is 3.20. The molecule has 1 aromatic carbocycles. The molecule has 4 heteroatoms. The Kier molecular flexibility index (Phi) is 4.18. The molecule has 1 fully saturated rings. The van der Waals surface area contributed by atoms with Crippen LogP contribution in [0.25, 0.3) is 0 Å². The van der Waals surface area contributed by atoms with Gasteiger partial charge in [0.25, 0.3) is 0 Å². The van der Waals surface area contributed by atoms with E-state index in [9.17, 15) is 4.79 Å². The molecule has 0 saturated heterocycles. The van der Waals surface area contributed by atoms with Gasteiger partial charge in [0.2, 0.25) is 5.91 Å². The van der Waals surface area contributed by atoms with Gasteiger partial charge >= 0.3 is 0 Å². The van der Waals surface area contributed by atoms with Crippen molar-refractivity contribution in [2.45, 2.75) is 40.7 Å². The zero-order chi connectivity index (χ0) is 13.2. The summed E-state index contributed by atoms with van der Waals surface area (Å²) in [6, 6.07) is 8.33. The standard InChI is InChI=1S/C15H18BrNOS/c16-12-6-3-5-11(12)9-17-15(18)14-8-10-4-1-2-7-13(10)19-14/h1-2,4,7,11-12,14H,3,5-6,8-9H2,(H,17,18). The smallest absolute Gasteiger partial charge is 0.233 e. The van der Waals surface area contributed by atoms with E-state index in [1.165, 1.54) is 29.7 Å². The van der Waals surface area contributed by atoms with Crippen molar-refractivity contribution >= 4 is 33.6 Å². The van der Waals surface area contributed by atoms with Crippen LogP contribution in [0.5, 0.6) is 0 Å². The molecule has 1 aliphatic heterocycles. The molecule has 1 aromatic rings. The van der Waals surface area contributed by atoms with Gasteiger partial charge in [-0.3, -0.25) is 4.79 Å². The summed E-state index contributed by atoms with van der Waals surface area (Å²) in [5.74, 6) is 0.811. The van der Waals surface area contributed by atoms with Gasteiger partial charge in [-0.2, -0.15) is 0 Å². The van der Waals surface area contributed by atoms with Crippen LogP contribution in [-0.4, -0.2) is 22.5 Å². The van der Waals surface area contributed by atoms with Crippen LogP contribution in [0.1, 0.15) is 24.8 Å². The molecule has 3 rings (SSSR count). The summed E-state index contributed by atoms with van der Waals surface area (Å²) in [5.41, 5.74) is 1.31. The minimum atomic E-state index is 0.0626. The predicted molar refractivity (Wildman–Crippen MR) is 82.9 cm³/mol. The quantitative estimate of drug-likeness (QED) is 0.855. The third kappa shape index (κ3) is 3.00. The van der Waals surface area contributed by atoms with Gasteiger partial charge < -0.3 is 5.32 Å². The Bertz CT molecular complexity index is 454. The van der Waals surface area contributed by atoms with Gasteiger partial charge in [0.15, 0.2) is 0 Å². The number of hydrogen-bond donors (Lipinski definition) is 1. The molecule has 2 nitrogen and oxygen atoms in total. The lowest BCUT2D eigenvalue weighted by Crippen LogP contribution is -2.36. The Morgan fingerprint density at radius 2 is 2.21 bits per heavy atom. The van der Waals surface area contributed by atoms with E-state index in [1.807, 2.05) is 12.1 Å². The van der Waals surface area contributed by atoms with Crippen molar-refractivity contribution in [3.05, 3.63) is 29.8 Å². The second-order valence-corrected chi connectivity index (χ2v) is 7.79. The van der Waals surface area contributed by atoms with Crippen molar-refractivity contribution in [1.29, 1.82) is 0 Å². The van der Waals surface area contributed by atoms with E-state index < -0.39 is 0 Å². The summed E-state index contributed by atoms with van der Waals surface area (Å²) in [6.07, 6.45) is 4.62. The first-order chi connectivity index (χ1) is 9.24. The lowest BCUT2D eigenvalue weighted by atomic mass is 10.1. The monoisotopic (exact) mass is 339 g/mol. The van der Waals surface area contributed by atoms with Crippen molar-refractivity contribution < 1.29 is 4.79 Å². The molecule has 1 heterocycles. The molecular formula is C15H18BrNOS. The number of halogens is 1. The summed E-state index contributed by atoms with van der Waals surface area (Å²) in [4.78, 5) is 14.1. The molecule has 0 aromatic heterocycles. The molecule has 1 amide bonds. The van der Waals surface area contributed by atoms with Gasteiger partial charge in [0.1, 0.15) is 0 Å². The molecule has 1 N–H and O–H groups in total. The lowest BCUT2D eigenvalue weighted by molar-refractivity contribution is -0.120. The first-order valence-electron chi connectivity index (χ1n) is 6.90. The van der Waals surface area contributed by atoms with Gasteiger partial charge in [-0.05, 0) is 36.8 Å². The van der Waals surface area contributed by atoms with Crippen LogP contribution in [-0.2, 0) is 11.2 Å². The van der Waals surface area contributed by atoms with E-state index in [-0.39, 0.29) is 11.2 Å². The Morgan fingerprint density at radius 1 is 1.37 bits per heavy atom. The minimum Gasteiger partial charge on any atom is -0.355 e. The number of rotatable bonds is 3. The van der Waals surface area contributed by atoms with E-state index in [2.05, 4.69) is 33.4 Å². The SMILES string of the molecule is O=C(NCC1CCCC1Br)C1Cc2ccccc2S1.